The zero-order valence-corrected chi connectivity index (χ0v) is 14.0. The van der Waals surface area contributed by atoms with Crippen molar-refractivity contribution in [2.75, 3.05) is 11.9 Å². The van der Waals surface area contributed by atoms with Gasteiger partial charge in [-0.3, -0.25) is 4.98 Å². The highest BCUT2D eigenvalue weighted by Gasteiger charge is 2.26. The second kappa shape index (κ2) is 5.95. The van der Waals surface area contributed by atoms with Crippen LogP contribution in [-0.2, 0) is 12.5 Å². The fraction of sp³-hybridized carbons (Fsp3) is 0.412. The van der Waals surface area contributed by atoms with E-state index in [4.69, 9.17) is 0 Å². The Balaban J connectivity index is 1.81. The van der Waals surface area contributed by atoms with Crippen LogP contribution in [0.25, 0.3) is 11.2 Å². The van der Waals surface area contributed by atoms with Gasteiger partial charge < -0.3 is 9.88 Å². The zero-order valence-electron chi connectivity index (χ0n) is 14.0. The molecule has 6 nitrogen and oxygen atoms in total. The lowest BCUT2D eigenvalue weighted by atomic mass is 9.83. The Labute approximate surface area is 136 Å². The summed E-state index contributed by atoms with van der Waals surface area (Å²) in [6, 6.07) is 6.16. The minimum absolute atomic E-state index is 0.0749. The Morgan fingerprint density at radius 2 is 2.04 bits per heavy atom. The molecule has 0 aliphatic rings. The van der Waals surface area contributed by atoms with Crippen molar-refractivity contribution in [2.24, 2.45) is 7.05 Å². The first-order valence-corrected chi connectivity index (χ1v) is 7.84. The molecular formula is C17H22N6. The quantitative estimate of drug-likeness (QED) is 0.785. The van der Waals surface area contributed by atoms with Gasteiger partial charge in [0.15, 0.2) is 5.65 Å². The zero-order chi connectivity index (χ0) is 16.4. The highest BCUT2D eigenvalue weighted by Crippen LogP contribution is 2.26. The van der Waals surface area contributed by atoms with Gasteiger partial charge >= 0.3 is 0 Å². The molecule has 6 heteroatoms. The second-order valence-corrected chi connectivity index (χ2v) is 6.19. The van der Waals surface area contributed by atoms with Crippen molar-refractivity contribution < 1.29 is 0 Å². The molecule has 0 bridgehead atoms. The summed E-state index contributed by atoms with van der Waals surface area (Å²) in [4.78, 5) is 17.8. The van der Waals surface area contributed by atoms with Gasteiger partial charge in [0, 0.05) is 30.4 Å². The van der Waals surface area contributed by atoms with Crippen LogP contribution in [0.4, 0.5) is 5.95 Å². The number of fused-ring (bicyclic) bond motifs is 1. The average molecular weight is 310 g/mol. The number of anilines is 1. The van der Waals surface area contributed by atoms with Crippen LogP contribution >= 0.6 is 0 Å². The Kier molecular flexibility index (Phi) is 3.98. The molecule has 0 spiro atoms. The lowest BCUT2D eigenvalue weighted by Crippen LogP contribution is -2.32. The smallest absolute Gasteiger partial charge is 0.224 e. The fourth-order valence-electron chi connectivity index (χ4n) is 2.55. The van der Waals surface area contributed by atoms with E-state index in [1.54, 1.807) is 12.5 Å². The van der Waals surface area contributed by atoms with E-state index in [0.717, 1.165) is 29.9 Å². The van der Waals surface area contributed by atoms with Crippen LogP contribution in [-0.4, -0.2) is 31.0 Å². The molecule has 3 aromatic heterocycles. The molecule has 0 fully saturated rings. The predicted octanol–water partition coefficient (Wildman–Crippen LogP) is 2.85. The van der Waals surface area contributed by atoms with Gasteiger partial charge in [-0.2, -0.15) is 4.98 Å². The molecule has 3 rings (SSSR count). The summed E-state index contributed by atoms with van der Waals surface area (Å²) in [6.07, 6.45) is 4.52. The van der Waals surface area contributed by atoms with E-state index in [0.29, 0.717) is 11.6 Å². The number of pyridine rings is 1. The van der Waals surface area contributed by atoms with Crippen LogP contribution in [0.5, 0.6) is 0 Å². The van der Waals surface area contributed by atoms with Crippen LogP contribution < -0.4 is 5.32 Å². The number of nitrogens with zero attached hydrogens (tertiary/aromatic N) is 5. The van der Waals surface area contributed by atoms with Crippen molar-refractivity contribution in [3.8, 4) is 0 Å². The largest absolute Gasteiger partial charge is 0.353 e. The summed E-state index contributed by atoms with van der Waals surface area (Å²) in [7, 11) is 1.93. The minimum Gasteiger partial charge on any atom is -0.353 e. The standard InChI is InChI=1S/C17H22N6/c1-5-17(3,14-8-6-7-12(2)21-14)10-19-16-18-9-13-15(22-16)20-11-23(13)4/h6-9,11H,5,10H2,1-4H3,(H,18,19,22). The number of rotatable bonds is 5. The number of imidazole rings is 1. The van der Waals surface area contributed by atoms with E-state index >= 15 is 0 Å². The third kappa shape index (κ3) is 3.02. The van der Waals surface area contributed by atoms with Crippen LogP contribution in [0.2, 0.25) is 0 Å². The van der Waals surface area contributed by atoms with Crippen LogP contribution in [0.1, 0.15) is 31.7 Å². The maximum absolute atomic E-state index is 4.69. The molecule has 3 heterocycles. The van der Waals surface area contributed by atoms with Gasteiger partial charge in [-0.05, 0) is 25.5 Å². The molecule has 1 N–H and O–H groups in total. The summed E-state index contributed by atoms with van der Waals surface area (Å²) in [5.41, 5.74) is 3.68. The summed E-state index contributed by atoms with van der Waals surface area (Å²) >= 11 is 0. The Bertz CT molecular complexity index is 825. The highest BCUT2D eigenvalue weighted by atomic mass is 15.2. The highest BCUT2D eigenvalue weighted by molar-refractivity contribution is 5.70. The SMILES string of the molecule is CCC(C)(CNc1ncc2c(ncn2C)n1)c1cccc(C)n1. The number of hydrogen-bond donors (Lipinski definition) is 1. The molecule has 1 atom stereocenters. The number of aryl methyl sites for hydroxylation is 2. The third-order valence-electron chi connectivity index (χ3n) is 4.41. The molecule has 1 unspecified atom stereocenters. The lowest BCUT2D eigenvalue weighted by molar-refractivity contribution is 0.464. The fourth-order valence-corrected chi connectivity index (χ4v) is 2.55. The van der Waals surface area contributed by atoms with Crippen molar-refractivity contribution in [3.63, 3.8) is 0 Å². The topological polar surface area (TPSA) is 68.5 Å². The first-order valence-electron chi connectivity index (χ1n) is 7.84. The third-order valence-corrected chi connectivity index (χ3v) is 4.41. The van der Waals surface area contributed by atoms with Crippen molar-refractivity contribution in [3.05, 3.63) is 42.1 Å². The maximum atomic E-state index is 4.69. The molecule has 0 aliphatic heterocycles. The summed E-state index contributed by atoms with van der Waals surface area (Å²) in [6.45, 7) is 7.12. The van der Waals surface area contributed by atoms with Crippen LogP contribution in [0.15, 0.2) is 30.7 Å². The molecule has 0 radical (unpaired) electrons. The van der Waals surface area contributed by atoms with Crippen LogP contribution in [0, 0.1) is 6.92 Å². The normalized spacial score (nSPS) is 13.9. The van der Waals surface area contributed by atoms with E-state index in [1.165, 1.54) is 0 Å². The molecule has 0 saturated carbocycles. The minimum atomic E-state index is -0.0749. The summed E-state index contributed by atoms with van der Waals surface area (Å²) in [5.74, 6) is 0.600. The average Bonchev–Trinajstić information content (AvgIpc) is 2.93. The Morgan fingerprint density at radius 1 is 1.22 bits per heavy atom. The van der Waals surface area contributed by atoms with Gasteiger partial charge in [-0.25, -0.2) is 9.97 Å². The predicted molar refractivity (Wildman–Crippen MR) is 91.4 cm³/mol. The van der Waals surface area contributed by atoms with Crippen molar-refractivity contribution >= 4 is 17.1 Å². The number of nitrogens with one attached hydrogen (secondary N) is 1. The molecule has 0 amide bonds. The summed E-state index contributed by atoms with van der Waals surface area (Å²) in [5, 5.41) is 3.34. The van der Waals surface area contributed by atoms with Crippen LogP contribution in [0.3, 0.4) is 0 Å². The Morgan fingerprint density at radius 3 is 2.78 bits per heavy atom. The van der Waals surface area contributed by atoms with Crippen molar-refractivity contribution in [1.29, 1.82) is 0 Å². The van der Waals surface area contributed by atoms with Crippen molar-refractivity contribution in [2.45, 2.75) is 32.6 Å². The number of hydrogen-bond acceptors (Lipinski definition) is 5. The van der Waals surface area contributed by atoms with E-state index in [9.17, 15) is 0 Å². The second-order valence-electron chi connectivity index (χ2n) is 6.19. The van der Waals surface area contributed by atoms with Gasteiger partial charge in [-0.1, -0.05) is 19.9 Å². The van der Waals surface area contributed by atoms with Gasteiger partial charge in [0.25, 0.3) is 0 Å². The van der Waals surface area contributed by atoms with E-state index in [1.807, 2.05) is 24.6 Å². The van der Waals surface area contributed by atoms with Gasteiger partial charge in [-0.15, -0.1) is 0 Å². The maximum Gasteiger partial charge on any atom is 0.224 e. The van der Waals surface area contributed by atoms with Gasteiger partial charge in [0.05, 0.1) is 12.5 Å². The van der Waals surface area contributed by atoms with E-state index in [2.05, 4.69) is 51.2 Å². The molecule has 120 valence electrons. The molecular weight excluding hydrogens is 288 g/mol. The Hall–Kier alpha value is -2.50. The molecule has 3 aromatic rings. The molecule has 0 aromatic carbocycles. The number of aromatic nitrogens is 5. The molecule has 0 saturated heterocycles. The summed E-state index contributed by atoms with van der Waals surface area (Å²) < 4.78 is 1.91. The first kappa shape index (κ1) is 15.4. The molecule has 0 aliphatic carbocycles. The van der Waals surface area contributed by atoms with Gasteiger partial charge in [0.1, 0.15) is 5.52 Å². The first-order chi connectivity index (χ1) is 11.0. The van der Waals surface area contributed by atoms with Gasteiger partial charge in [0.2, 0.25) is 5.95 Å². The van der Waals surface area contributed by atoms with E-state index < -0.39 is 0 Å². The van der Waals surface area contributed by atoms with E-state index in [-0.39, 0.29) is 5.41 Å². The molecule has 23 heavy (non-hydrogen) atoms. The lowest BCUT2D eigenvalue weighted by Gasteiger charge is -2.28. The van der Waals surface area contributed by atoms with Crippen molar-refractivity contribution in [1.82, 2.24) is 24.5 Å². The monoisotopic (exact) mass is 310 g/mol.